The van der Waals surface area contributed by atoms with Crippen LogP contribution in [0.2, 0.25) is 0 Å². The van der Waals surface area contributed by atoms with Crippen LogP contribution in [-0.2, 0) is 7.05 Å². The fraction of sp³-hybridized carbons (Fsp3) is 0.357. The molecule has 1 atom stereocenters. The lowest BCUT2D eigenvalue weighted by molar-refractivity contribution is -0.387. The zero-order chi connectivity index (χ0) is 17.7. The number of halogens is 1. The average Bonchev–Trinajstić information content (AvgIpc) is 2.97. The van der Waals surface area contributed by atoms with Crippen molar-refractivity contribution in [2.45, 2.75) is 23.0 Å². The topological polar surface area (TPSA) is 115 Å². The minimum absolute atomic E-state index is 0. The zero-order valence-corrected chi connectivity index (χ0v) is 15.6. The maximum Gasteiger partial charge on any atom is 0.284 e. The Morgan fingerprint density at radius 1 is 1.48 bits per heavy atom. The smallest absolute Gasteiger partial charge is 0.284 e. The molecule has 0 saturated heterocycles. The molecule has 136 valence electrons. The molecule has 0 aliphatic carbocycles. The summed E-state index contributed by atoms with van der Waals surface area (Å²) in [4.78, 5) is 23.3. The molecule has 0 saturated carbocycles. The molecular formula is C14H19ClN6O3S. The van der Waals surface area contributed by atoms with E-state index in [-0.39, 0.29) is 35.6 Å². The number of nitrogens with zero attached hydrogens (tertiary/aromatic N) is 4. The van der Waals surface area contributed by atoms with Gasteiger partial charge in [-0.25, -0.2) is 0 Å². The Balaban J connectivity index is 0.00000312. The van der Waals surface area contributed by atoms with Crippen LogP contribution in [0.15, 0.2) is 34.6 Å². The Hall–Kier alpha value is -2.17. The highest BCUT2D eigenvalue weighted by molar-refractivity contribution is 7.99. The standard InChI is InChI=1S/C14H18N6O3S.ClH/c1-9(15-2)7-16-13(21)10-4-5-12(11(6-10)20(22)23)24-14-18-17-8-19(14)3;/h4-6,8-9,15H,7H2,1-3H3,(H,16,21);1H. The highest BCUT2D eigenvalue weighted by Gasteiger charge is 2.20. The first-order chi connectivity index (χ1) is 11.4. The van der Waals surface area contributed by atoms with Gasteiger partial charge in [-0.2, -0.15) is 0 Å². The maximum atomic E-state index is 12.1. The molecule has 1 aromatic carbocycles. The minimum atomic E-state index is -0.508. The SMILES string of the molecule is CNC(C)CNC(=O)c1ccc(Sc2nncn2C)c([N+](=O)[O-])c1.Cl. The summed E-state index contributed by atoms with van der Waals surface area (Å²) in [7, 11) is 3.54. The molecule has 0 aliphatic heterocycles. The third-order valence-corrected chi connectivity index (χ3v) is 4.47. The lowest BCUT2D eigenvalue weighted by Gasteiger charge is -2.11. The molecule has 2 aromatic rings. The predicted molar refractivity (Wildman–Crippen MR) is 96.3 cm³/mol. The van der Waals surface area contributed by atoms with E-state index >= 15 is 0 Å². The number of benzene rings is 1. The summed E-state index contributed by atoms with van der Waals surface area (Å²) < 4.78 is 1.66. The van der Waals surface area contributed by atoms with Gasteiger partial charge in [-0.15, -0.1) is 22.6 Å². The molecule has 1 amide bonds. The summed E-state index contributed by atoms with van der Waals surface area (Å²) in [5.41, 5.74) is 0.102. The normalized spacial score (nSPS) is 11.5. The van der Waals surface area contributed by atoms with E-state index in [2.05, 4.69) is 20.8 Å². The second kappa shape index (κ2) is 9.35. The summed E-state index contributed by atoms with van der Waals surface area (Å²) in [5.74, 6) is -0.351. The highest BCUT2D eigenvalue weighted by atomic mass is 35.5. The van der Waals surface area contributed by atoms with E-state index < -0.39 is 4.92 Å². The lowest BCUT2D eigenvalue weighted by Crippen LogP contribution is -2.37. The van der Waals surface area contributed by atoms with Gasteiger partial charge in [0.2, 0.25) is 0 Å². The molecule has 9 nitrogen and oxygen atoms in total. The van der Waals surface area contributed by atoms with Crippen LogP contribution < -0.4 is 10.6 Å². The second-order valence-electron chi connectivity index (χ2n) is 5.17. The van der Waals surface area contributed by atoms with Crippen molar-refractivity contribution in [2.24, 2.45) is 7.05 Å². The van der Waals surface area contributed by atoms with Crippen LogP contribution in [0, 0.1) is 10.1 Å². The Kier molecular flexibility index (Phi) is 7.81. The number of aromatic nitrogens is 3. The summed E-state index contributed by atoms with van der Waals surface area (Å²) in [6.07, 6.45) is 1.51. The van der Waals surface area contributed by atoms with E-state index in [1.165, 1.54) is 12.4 Å². The van der Waals surface area contributed by atoms with Crippen molar-refractivity contribution in [1.82, 2.24) is 25.4 Å². The van der Waals surface area contributed by atoms with Gasteiger partial charge >= 0.3 is 0 Å². The summed E-state index contributed by atoms with van der Waals surface area (Å²) in [6.45, 7) is 2.35. The monoisotopic (exact) mass is 386 g/mol. The maximum absolute atomic E-state index is 12.1. The van der Waals surface area contributed by atoms with Gasteiger partial charge in [0.05, 0.1) is 9.82 Å². The van der Waals surface area contributed by atoms with Crippen molar-refractivity contribution in [3.63, 3.8) is 0 Å². The molecule has 0 radical (unpaired) electrons. The molecule has 1 aromatic heterocycles. The average molecular weight is 387 g/mol. The zero-order valence-electron chi connectivity index (χ0n) is 13.9. The van der Waals surface area contributed by atoms with Crippen LogP contribution in [0.3, 0.4) is 0 Å². The van der Waals surface area contributed by atoms with E-state index in [1.54, 1.807) is 30.8 Å². The van der Waals surface area contributed by atoms with Crippen molar-refractivity contribution in [1.29, 1.82) is 0 Å². The van der Waals surface area contributed by atoms with Crippen molar-refractivity contribution < 1.29 is 9.72 Å². The van der Waals surface area contributed by atoms with Crippen molar-refractivity contribution in [3.8, 4) is 0 Å². The number of aryl methyl sites for hydroxylation is 1. The molecule has 1 unspecified atom stereocenters. The Labute approximate surface area is 155 Å². The van der Waals surface area contributed by atoms with Crippen LogP contribution in [0.1, 0.15) is 17.3 Å². The molecule has 11 heteroatoms. The first-order valence-corrected chi connectivity index (χ1v) is 7.99. The molecular weight excluding hydrogens is 368 g/mol. The fourth-order valence-electron chi connectivity index (χ4n) is 1.80. The van der Waals surface area contributed by atoms with Crippen molar-refractivity contribution >= 4 is 35.8 Å². The Morgan fingerprint density at radius 3 is 2.76 bits per heavy atom. The molecule has 0 bridgehead atoms. The van der Waals surface area contributed by atoms with Gasteiger partial charge in [-0.3, -0.25) is 14.9 Å². The molecule has 0 spiro atoms. The predicted octanol–water partition coefficient (Wildman–Crippen LogP) is 1.63. The van der Waals surface area contributed by atoms with Crippen LogP contribution in [0.4, 0.5) is 5.69 Å². The number of rotatable bonds is 7. The van der Waals surface area contributed by atoms with E-state index in [0.29, 0.717) is 16.6 Å². The van der Waals surface area contributed by atoms with E-state index in [0.717, 1.165) is 11.8 Å². The second-order valence-corrected chi connectivity index (χ2v) is 6.17. The van der Waals surface area contributed by atoms with Gasteiger partial charge < -0.3 is 15.2 Å². The molecule has 2 rings (SSSR count). The van der Waals surface area contributed by atoms with E-state index in [4.69, 9.17) is 0 Å². The van der Waals surface area contributed by atoms with Gasteiger partial charge in [0.1, 0.15) is 6.33 Å². The van der Waals surface area contributed by atoms with Gasteiger partial charge in [0.25, 0.3) is 11.6 Å². The van der Waals surface area contributed by atoms with Gasteiger partial charge in [-0.1, -0.05) is 0 Å². The fourth-order valence-corrected chi connectivity index (χ4v) is 2.65. The van der Waals surface area contributed by atoms with E-state index in [1.807, 2.05) is 6.92 Å². The summed E-state index contributed by atoms with van der Waals surface area (Å²) in [5, 5.41) is 25.2. The van der Waals surface area contributed by atoms with Crippen molar-refractivity contribution in [2.75, 3.05) is 13.6 Å². The molecule has 1 heterocycles. The van der Waals surface area contributed by atoms with E-state index in [9.17, 15) is 14.9 Å². The summed E-state index contributed by atoms with van der Waals surface area (Å²) in [6, 6.07) is 4.49. The van der Waals surface area contributed by atoms with Gasteiger partial charge in [-0.05, 0) is 37.9 Å². The number of carbonyl (C=O) groups is 1. The third kappa shape index (κ3) is 5.41. The quantitative estimate of drug-likeness (QED) is 0.548. The minimum Gasteiger partial charge on any atom is -0.350 e. The Morgan fingerprint density at radius 2 is 2.20 bits per heavy atom. The van der Waals surface area contributed by atoms with Crippen LogP contribution in [-0.4, -0.2) is 45.2 Å². The highest BCUT2D eigenvalue weighted by Crippen LogP contribution is 2.34. The molecule has 2 N–H and O–H groups in total. The molecule has 25 heavy (non-hydrogen) atoms. The van der Waals surface area contributed by atoms with Crippen molar-refractivity contribution in [3.05, 3.63) is 40.2 Å². The lowest BCUT2D eigenvalue weighted by atomic mass is 10.2. The number of hydrogen-bond acceptors (Lipinski definition) is 7. The largest absolute Gasteiger partial charge is 0.350 e. The van der Waals surface area contributed by atoms with Gasteiger partial charge in [0, 0.05) is 31.3 Å². The number of amides is 1. The first kappa shape index (κ1) is 20.9. The van der Waals surface area contributed by atoms with Gasteiger partial charge in [0.15, 0.2) is 5.16 Å². The number of nitro benzene ring substituents is 1. The van der Waals surface area contributed by atoms with Crippen LogP contribution >= 0.6 is 24.2 Å². The molecule has 0 aliphatic rings. The number of likely N-dealkylation sites (N-methyl/N-ethyl adjacent to an activating group) is 1. The Bertz CT molecular complexity index is 754. The summed E-state index contributed by atoms with van der Waals surface area (Å²) >= 11 is 1.12. The van der Waals surface area contributed by atoms with Crippen LogP contribution in [0.5, 0.6) is 0 Å². The number of nitrogens with one attached hydrogen (secondary N) is 2. The number of nitro groups is 1. The first-order valence-electron chi connectivity index (χ1n) is 7.18. The third-order valence-electron chi connectivity index (χ3n) is 3.35. The number of carbonyl (C=O) groups excluding carboxylic acids is 1. The molecule has 0 fully saturated rings. The number of hydrogen-bond donors (Lipinski definition) is 2. The van der Waals surface area contributed by atoms with Crippen LogP contribution in [0.25, 0.3) is 0 Å².